The Morgan fingerprint density at radius 2 is 1.85 bits per heavy atom. The fourth-order valence-electron chi connectivity index (χ4n) is 1.65. The van der Waals surface area contributed by atoms with E-state index in [-0.39, 0.29) is 12.1 Å². The lowest BCUT2D eigenvalue weighted by Gasteiger charge is -2.06. The molecule has 0 aliphatic carbocycles. The van der Waals surface area contributed by atoms with Gasteiger partial charge in [0.05, 0.1) is 23.7 Å². The van der Waals surface area contributed by atoms with E-state index in [1.807, 2.05) is 6.07 Å². The highest BCUT2D eigenvalue weighted by atomic mass is 19.1. The van der Waals surface area contributed by atoms with Crippen molar-refractivity contribution in [1.29, 1.82) is 5.26 Å². The minimum Gasteiger partial charge on any atom is -0.378 e. The Labute approximate surface area is 114 Å². The molecule has 20 heavy (non-hydrogen) atoms. The van der Waals surface area contributed by atoms with Crippen LogP contribution in [0.25, 0.3) is 0 Å². The van der Waals surface area contributed by atoms with E-state index in [0.29, 0.717) is 11.3 Å². The SMILES string of the molecule is N#Cc1ccc(NCC(=O)c2cc(F)ccc2F)cc1. The first-order chi connectivity index (χ1) is 9.60. The van der Waals surface area contributed by atoms with Gasteiger partial charge in [-0.15, -0.1) is 0 Å². The van der Waals surface area contributed by atoms with Crippen LogP contribution in [0.4, 0.5) is 14.5 Å². The summed E-state index contributed by atoms with van der Waals surface area (Å²) in [7, 11) is 0. The van der Waals surface area contributed by atoms with Crippen LogP contribution < -0.4 is 5.32 Å². The Morgan fingerprint density at radius 1 is 1.15 bits per heavy atom. The van der Waals surface area contributed by atoms with E-state index in [1.165, 1.54) is 0 Å². The molecule has 0 aliphatic heterocycles. The van der Waals surface area contributed by atoms with Crippen LogP contribution in [0.3, 0.4) is 0 Å². The van der Waals surface area contributed by atoms with Gasteiger partial charge in [0, 0.05) is 5.69 Å². The largest absolute Gasteiger partial charge is 0.378 e. The number of ketones is 1. The van der Waals surface area contributed by atoms with E-state index in [4.69, 9.17) is 5.26 Å². The van der Waals surface area contributed by atoms with Gasteiger partial charge in [0.1, 0.15) is 11.6 Å². The predicted octanol–water partition coefficient (Wildman–Crippen LogP) is 3.13. The summed E-state index contributed by atoms with van der Waals surface area (Å²) < 4.78 is 26.4. The van der Waals surface area contributed by atoms with Gasteiger partial charge in [0.25, 0.3) is 0 Å². The Kier molecular flexibility index (Phi) is 4.06. The summed E-state index contributed by atoms with van der Waals surface area (Å²) in [4.78, 5) is 11.8. The molecule has 2 rings (SSSR count). The molecule has 3 nitrogen and oxygen atoms in total. The summed E-state index contributed by atoms with van der Waals surface area (Å²) in [5.41, 5.74) is 0.832. The van der Waals surface area contributed by atoms with Crippen molar-refractivity contribution in [2.75, 3.05) is 11.9 Å². The molecule has 0 spiro atoms. The maximum Gasteiger partial charge on any atom is 0.184 e. The topological polar surface area (TPSA) is 52.9 Å². The summed E-state index contributed by atoms with van der Waals surface area (Å²) in [6.45, 7) is -0.160. The first-order valence-corrected chi connectivity index (χ1v) is 5.82. The highest BCUT2D eigenvalue weighted by Crippen LogP contribution is 2.12. The van der Waals surface area contributed by atoms with Gasteiger partial charge in [-0.2, -0.15) is 5.26 Å². The maximum absolute atomic E-state index is 13.4. The molecule has 2 aromatic rings. The zero-order chi connectivity index (χ0) is 14.5. The molecule has 0 saturated heterocycles. The molecule has 0 radical (unpaired) electrons. The minimum absolute atomic E-state index is 0.160. The number of nitrogens with zero attached hydrogens (tertiary/aromatic N) is 1. The van der Waals surface area contributed by atoms with E-state index in [0.717, 1.165) is 18.2 Å². The fraction of sp³-hybridized carbons (Fsp3) is 0.0667. The molecule has 0 fully saturated rings. The number of benzene rings is 2. The molecular weight excluding hydrogens is 262 g/mol. The van der Waals surface area contributed by atoms with Crippen LogP contribution >= 0.6 is 0 Å². The molecule has 0 atom stereocenters. The van der Waals surface area contributed by atoms with Crippen molar-refractivity contribution in [1.82, 2.24) is 0 Å². The van der Waals surface area contributed by atoms with Crippen LogP contribution in [0.15, 0.2) is 42.5 Å². The van der Waals surface area contributed by atoms with Crippen LogP contribution in [-0.4, -0.2) is 12.3 Å². The standard InChI is InChI=1S/C15H10F2N2O/c16-11-3-6-14(17)13(7-11)15(20)9-19-12-4-1-10(8-18)2-5-12/h1-7,19H,9H2. The van der Waals surface area contributed by atoms with Gasteiger partial charge in [-0.25, -0.2) is 8.78 Å². The van der Waals surface area contributed by atoms with Gasteiger partial charge in [0.15, 0.2) is 5.78 Å². The van der Waals surface area contributed by atoms with Crippen molar-refractivity contribution in [2.45, 2.75) is 0 Å². The van der Waals surface area contributed by atoms with E-state index < -0.39 is 17.4 Å². The summed E-state index contributed by atoms with van der Waals surface area (Å²) >= 11 is 0. The zero-order valence-corrected chi connectivity index (χ0v) is 10.4. The van der Waals surface area contributed by atoms with Crippen LogP contribution in [0.5, 0.6) is 0 Å². The third-order valence-electron chi connectivity index (χ3n) is 2.70. The number of halogens is 2. The Morgan fingerprint density at radius 3 is 2.50 bits per heavy atom. The normalized spacial score (nSPS) is 9.85. The van der Waals surface area contributed by atoms with Gasteiger partial charge < -0.3 is 5.32 Å². The fourth-order valence-corrected chi connectivity index (χ4v) is 1.65. The highest BCUT2D eigenvalue weighted by Gasteiger charge is 2.12. The number of carbonyl (C=O) groups is 1. The summed E-state index contributed by atoms with van der Waals surface area (Å²) in [5, 5.41) is 11.4. The zero-order valence-electron chi connectivity index (χ0n) is 10.4. The number of Topliss-reactive ketones (excluding diaryl/α,β-unsaturated/α-hetero) is 1. The van der Waals surface area contributed by atoms with Crippen LogP contribution in [0.1, 0.15) is 15.9 Å². The molecule has 1 N–H and O–H groups in total. The molecule has 0 amide bonds. The van der Waals surface area contributed by atoms with Crippen molar-refractivity contribution in [3.63, 3.8) is 0 Å². The van der Waals surface area contributed by atoms with Gasteiger partial charge in [0.2, 0.25) is 0 Å². The number of nitriles is 1. The smallest absolute Gasteiger partial charge is 0.184 e. The van der Waals surface area contributed by atoms with Gasteiger partial charge in [-0.3, -0.25) is 4.79 Å². The van der Waals surface area contributed by atoms with Gasteiger partial charge in [-0.05, 0) is 42.5 Å². The van der Waals surface area contributed by atoms with Crippen LogP contribution in [-0.2, 0) is 0 Å². The second kappa shape index (κ2) is 5.93. The number of carbonyl (C=O) groups excluding carboxylic acids is 1. The first-order valence-electron chi connectivity index (χ1n) is 5.82. The maximum atomic E-state index is 13.4. The van der Waals surface area contributed by atoms with Crippen molar-refractivity contribution in [3.05, 3.63) is 65.2 Å². The number of rotatable bonds is 4. The molecule has 5 heteroatoms. The molecule has 100 valence electrons. The minimum atomic E-state index is -0.752. The first kappa shape index (κ1) is 13.7. The Hall–Kier alpha value is -2.74. The summed E-state index contributed by atoms with van der Waals surface area (Å²) in [6, 6.07) is 11.2. The highest BCUT2D eigenvalue weighted by molar-refractivity contribution is 5.99. The lowest BCUT2D eigenvalue weighted by atomic mass is 10.1. The Balaban J connectivity index is 2.04. The molecule has 0 aromatic heterocycles. The third-order valence-corrected chi connectivity index (χ3v) is 2.70. The van der Waals surface area contributed by atoms with E-state index in [2.05, 4.69) is 5.32 Å². The Bertz CT molecular complexity index is 675. The number of nitrogens with one attached hydrogen (secondary N) is 1. The van der Waals surface area contributed by atoms with Crippen molar-refractivity contribution >= 4 is 11.5 Å². The monoisotopic (exact) mass is 272 g/mol. The molecule has 0 heterocycles. The van der Waals surface area contributed by atoms with Gasteiger partial charge >= 0.3 is 0 Å². The van der Waals surface area contributed by atoms with E-state index in [1.54, 1.807) is 24.3 Å². The van der Waals surface area contributed by atoms with Crippen molar-refractivity contribution in [3.8, 4) is 6.07 Å². The number of hydrogen-bond donors (Lipinski definition) is 1. The second-order valence-corrected chi connectivity index (χ2v) is 4.09. The summed E-state index contributed by atoms with van der Waals surface area (Å²) in [6.07, 6.45) is 0. The van der Waals surface area contributed by atoms with Crippen LogP contribution in [0.2, 0.25) is 0 Å². The molecule has 2 aromatic carbocycles. The lowest BCUT2D eigenvalue weighted by molar-refractivity contribution is 0.100. The molecular formula is C15H10F2N2O. The van der Waals surface area contributed by atoms with Crippen LogP contribution in [0, 0.1) is 23.0 Å². The lowest BCUT2D eigenvalue weighted by Crippen LogP contribution is -2.15. The average Bonchev–Trinajstić information content (AvgIpc) is 2.47. The molecule has 0 aliphatic rings. The van der Waals surface area contributed by atoms with E-state index >= 15 is 0 Å². The van der Waals surface area contributed by atoms with Gasteiger partial charge in [-0.1, -0.05) is 0 Å². The molecule has 0 bridgehead atoms. The third kappa shape index (κ3) is 3.18. The number of anilines is 1. The molecule has 0 saturated carbocycles. The summed E-state index contributed by atoms with van der Waals surface area (Å²) in [5.74, 6) is -1.96. The van der Waals surface area contributed by atoms with E-state index in [9.17, 15) is 13.6 Å². The quantitative estimate of drug-likeness (QED) is 0.870. The van der Waals surface area contributed by atoms with Crippen molar-refractivity contribution < 1.29 is 13.6 Å². The second-order valence-electron chi connectivity index (χ2n) is 4.09. The number of hydrogen-bond acceptors (Lipinski definition) is 3. The van der Waals surface area contributed by atoms with Crippen molar-refractivity contribution in [2.24, 2.45) is 0 Å². The molecule has 0 unspecified atom stereocenters. The predicted molar refractivity (Wildman–Crippen MR) is 70.3 cm³/mol. The average molecular weight is 272 g/mol.